The predicted molar refractivity (Wildman–Crippen MR) is 77.6 cm³/mol. The Labute approximate surface area is 125 Å². The molecule has 0 unspecified atom stereocenters. The molecule has 1 aromatic carbocycles. The van der Waals surface area contributed by atoms with Crippen molar-refractivity contribution in [3.05, 3.63) is 29.3 Å². The number of hydrogen-bond donors (Lipinski definition) is 0. The van der Waals surface area contributed by atoms with Gasteiger partial charge in [-0.1, -0.05) is 19.1 Å². The fraction of sp³-hybridized carbons (Fsp3) is 0.286. The largest absolute Gasteiger partial charge is 0.334 e. The summed E-state index contributed by atoms with van der Waals surface area (Å²) in [5, 5.41) is 0.643. The van der Waals surface area contributed by atoms with Crippen LogP contribution in [-0.4, -0.2) is 39.2 Å². The van der Waals surface area contributed by atoms with Crippen LogP contribution < -0.4 is 0 Å². The van der Waals surface area contributed by atoms with Gasteiger partial charge in [-0.2, -0.15) is 0 Å². The lowest BCUT2D eigenvalue weighted by molar-refractivity contribution is -0.143. The summed E-state index contributed by atoms with van der Waals surface area (Å²) in [6.45, 7) is 2.16. The number of para-hydroxylation sites is 1. The van der Waals surface area contributed by atoms with E-state index < -0.39 is 17.8 Å². The van der Waals surface area contributed by atoms with E-state index in [1.54, 1.807) is 0 Å². The average molecular weight is 303 g/mol. The number of nitrogens with zero attached hydrogens (tertiary/aromatic N) is 3. The molecule has 1 aliphatic rings. The first-order chi connectivity index (χ1) is 10.1. The van der Waals surface area contributed by atoms with Gasteiger partial charge in [0.15, 0.2) is 0 Å². The molecule has 1 fully saturated rings. The van der Waals surface area contributed by atoms with Gasteiger partial charge in [0.25, 0.3) is 0 Å². The van der Waals surface area contributed by atoms with Crippen LogP contribution in [0.25, 0.3) is 10.2 Å². The summed E-state index contributed by atoms with van der Waals surface area (Å²) in [5.41, 5.74) is 0.827. The van der Waals surface area contributed by atoms with Gasteiger partial charge in [0.2, 0.25) is 0 Å². The molecule has 0 spiro atoms. The maximum absolute atomic E-state index is 12.1. The van der Waals surface area contributed by atoms with E-state index in [2.05, 4.69) is 4.98 Å². The topological polar surface area (TPSA) is 70.6 Å². The van der Waals surface area contributed by atoms with Gasteiger partial charge in [-0.05, 0) is 18.6 Å². The number of thiazole rings is 1. The average Bonchev–Trinajstić information content (AvgIpc) is 2.97. The molecule has 0 atom stereocenters. The fourth-order valence-electron chi connectivity index (χ4n) is 2.23. The molecule has 3 rings (SSSR count). The molecule has 0 aliphatic carbocycles. The maximum atomic E-state index is 12.1. The van der Waals surface area contributed by atoms with Crippen molar-refractivity contribution in [1.29, 1.82) is 0 Å². The molecule has 1 aromatic heterocycles. The molecule has 0 bridgehead atoms. The Morgan fingerprint density at radius 3 is 2.52 bits per heavy atom. The fourth-order valence-corrected chi connectivity index (χ4v) is 3.19. The number of rotatable bonds is 4. The highest BCUT2D eigenvalue weighted by molar-refractivity contribution is 7.18. The number of imide groups is 2. The van der Waals surface area contributed by atoms with Gasteiger partial charge in [0.05, 0.1) is 16.8 Å². The second-order valence-electron chi connectivity index (χ2n) is 4.71. The van der Waals surface area contributed by atoms with E-state index in [9.17, 15) is 14.4 Å². The molecule has 1 saturated heterocycles. The van der Waals surface area contributed by atoms with Crippen molar-refractivity contribution in [2.45, 2.75) is 19.9 Å². The Morgan fingerprint density at radius 2 is 1.81 bits per heavy atom. The molecule has 1 aliphatic heterocycles. The smallest absolute Gasteiger partial charge is 0.263 e. The molecule has 4 amide bonds. The predicted octanol–water partition coefficient (Wildman–Crippen LogP) is 2.00. The Balaban J connectivity index is 1.85. The highest BCUT2D eigenvalue weighted by Crippen LogP contribution is 2.24. The molecule has 6 nitrogen and oxygen atoms in total. The minimum absolute atomic E-state index is 0.0446. The van der Waals surface area contributed by atoms with Crippen molar-refractivity contribution in [2.24, 2.45) is 0 Å². The second-order valence-corrected chi connectivity index (χ2v) is 5.82. The van der Waals surface area contributed by atoms with Crippen LogP contribution in [0.15, 0.2) is 24.3 Å². The second kappa shape index (κ2) is 5.25. The lowest BCUT2D eigenvalue weighted by atomic mass is 10.3. The molecule has 0 radical (unpaired) electrons. The quantitative estimate of drug-likeness (QED) is 0.640. The summed E-state index contributed by atoms with van der Waals surface area (Å²) in [6.07, 6.45) is 0.625. The van der Waals surface area contributed by atoms with E-state index in [-0.39, 0.29) is 13.1 Å². The van der Waals surface area contributed by atoms with Gasteiger partial charge in [0, 0.05) is 6.54 Å². The monoisotopic (exact) mass is 303 g/mol. The molecule has 21 heavy (non-hydrogen) atoms. The summed E-state index contributed by atoms with van der Waals surface area (Å²) in [6, 6.07) is 7.04. The minimum Gasteiger partial charge on any atom is -0.263 e. The van der Waals surface area contributed by atoms with E-state index in [1.807, 2.05) is 31.2 Å². The third kappa shape index (κ3) is 2.29. The van der Waals surface area contributed by atoms with Crippen molar-refractivity contribution in [3.63, 3.8) is 0 Å². The summed E-state index contributed by atoms with van der Waals surface area (Å²) >= 11 is 1.42. The number of benzene rings is 1. The number of carbonyl (C=O) groups excluding carboxylic acids is 3. The maximum Gasteiger partial charge on any atom is 0.334 e. The zero-order chi connectivity index (χ0) is 15.0. The van der Waals surface area contributed by atoms with Crippen LogP contribution in [0.3, 0.4) is 0 Å². The van der Waals surface area contributed by atoms with Crippen molar-refractivity contribution < 1.29 is 14.4 Å². The van der Waals surface area contributed by atoms with Crippen LogP contribution in [0.1, 0.15) is 18.4 Å². The Bertz CT molecular complexity index is 707. The van der Waals surface area contributed by atoms with Crippen LogP contribution in [0.5, 0.6) is 0 Å². The van der Waals surface area contributed by atoms with Crippen molar-refractivity contribution >= 4 is 39.4 Å². The Hall–Kier alpha value is -2.28. The zero-order valence-electron chi connectivity index (χ0n) is 11.4. The van der Waals surface area contributed by atoms with Gasteiger partial charge >= 0.3 is 17.8 Å². The number of fused-ring (bicyclic) bond motifs is 1. The van der Waals surface area contributed by atoms with Crippen molar-refractivity contribution in [1.82, 2.24) is 14.8 Å². The Kier molecular flexibility index (Phi) is 3.42. The number of amides is 4. The third-order valence-corrected chi connectivity index (χ3v) is 4.23. The van der Waals surface area contributed by atoms with E-state index >= 15 is 0 Å². The van der Waals surface area contributed by atoms with Gasteiger partial charge < -0.3 is 0 Å². The molecule has 108 valence electrons. The zero-order valence-corrected chi connectivity index (χ0v) is 12.2. The number of urea groups is 1. The van der Waals surface area contributed by atoms with Crippen molar-refractivity contribution in [2.75, 3.05) is 6.54 Å². The lowest BCUT2D eigenvalue weighted by Crippen LogP contribution is -2.33. The van der Waals surface area contributed by atoms with Crippen LogP contribution in [-0.2, 0) is 16.1 Å². The van der Waals surface area contributed by atoms with Crippen LogP contribution >= 0.6 is 11.3 Å². The van der Waals surface area contributed by atoms with Gasteiger partial charge in [-0.25, -0.2) is 14.7 Å². The van der Waals surface area contributed by atoms with Crippen molar-refractivity contribution in [3.8, 4) is 0 Å². The number of carbonyl (C=O) groups is 3. The van der Waals surface area contributed by atoms with E-state index in [0.29, 0.717) is 11.4 Å². The summed E-state index contributed by atoms with van der Waals surface area (Å²) in [5.74, 6) is -1.52. The van der Waals surface area contributed by atoms with E-state index in [1.165, 1.54) is 11.3 Å². The summed E-state index contributed by atoms with van der Waals surface area (Å²) < 4.78 is 0.989. The molecule has 0 N–H and O–H groups in total. The third-order valence-electron chi connectivity index (χ3n) is 3.21. The molecule has 2 aromatic rings. The standard InChI is InChI=1S/C14H13N3O3S/c1-2-7-16-12(18)13(19)17(14(16)20)8-11-15-9-5-3-4-6-10(9)21-11/h3-6H,2,7-8H2,1H3. The van der Waals surface area contributed by atoms with Crippen LogP contribution in [0.2, 0.25) is 0 Å². The first-order valence-corrected chi connectivity index (χ1v) is 7.45. The van der Waals surface area contributed by atoms with E-state index in [4.69, 9.17) is 0 Å². The number of hydrogen-bond acceptors (Lipinski definition) is 5. The van der Waals surface area contributed by atoms with Crippen LogP contribution in [0.4, 0.5) is 4.79 Å². The van der Waals surface area contributed by atoms with Gasteiger partial charge in [0.1, 0.15) is 5.01 Å². The first kappa shape index (κ1) is 13.7. The molecular weight excluding hydrogens is 290 g/mol. The van der Waals surface area contributed by atoms with Gasteiger partial charge in [-0.3, -0.25) is 14.5 Å². The lowest BCUT2D eigenvalue weighted by Gasteiger charge is -2.13. The SMILES string of the molecule is CCCN1C(=O)C(=O)N(Cc2nc3ccccc3s2)C1=O. The summed E-state index contributed by atoms with van der Waals surface area (Å²) in [7, 11) is 0. The normalized spacial score (nSPS) is 15.6. The molecule has 2 heterocycles. The Morgan fingerprint density at radius 1 is 1.10 bits per heavy atom. The highest BCUT2D eigenvalue weighted by Gasteiger charge is 2.44. The van der Waals surface area contributed by atoms with E-state index in [0.717, 1.165) is 20.0 Å². The highest BCUT2D eigenvalue weighted by atomic mass is 32.1. The molecular formula is C14H13N3O3S. The minimum atomic E-state index is -0.771. The molecule has 7 heteroatoms. The van der Waals surface area contributed by atoms with Crippen LogP contribution in [0, 0.1) is 0 Å². The van der Waals surface area contributed by atoms with Gasteiger partial charge in [-0.15, -0.1) is 11.3 Å². The first-order valence-electron chi connectivity index (χ1n) is 6.63. The molecule has 0 saturated carbocycles. The number of aromatic nitrogens is 1. The summed E-state index contributed by atoms with van der Waals surface area (Å²) in [4.78, 5) is 42.2.